The lowest BCUT2D eigenvalue weighted by molar-refractivity contribution is 0.0730. The van der Waals surface area contributed by atoms with Crippen LogP contribution in [0.2, 0.25) is 10.0 Å². The highest BCUT2D eigenvalue weighted by Crippen LogP contribution is 2.47. The van der Waals surface area contributed by atoms with Crippen LogP contribution in [0.3, 0.4) is 0 Å². The fourth-order valence-electron chi connectivity index (χ4n) is 2.28. The normalized spacial score (nSPS) is 14.6. The fraction of sp³-hybridized carbons (Fsp3) is 0.235. The minimum Gasteiger partial charge on any atom is -0.493 e. The predicted octanol–water partition coefficient (Wildman–Crippen LogP) is 5.70. The van der Waals surface area contributed by atoms with Crippen molar-refractivity contribution in [1.82, 2.24) is 0 Å². The average Bonchev–Trinajstić information content (AvgIpc) is 3.12. The molecule has 2 aromatic carbocycles. The summed E-state index contributed by atoms with van der Waals surface area (Å²) in [5, 5.41) is 0.488. The van der Waals surface area contributed by atoms with E-state index in [2.05, 4.69) is 0 Å². The van der Waals surface area contributed by atoms with Gasteiger partial charge in [-0.1, -0.05) is 35.3 Å². The average molecular weight is 401 g/mol. The van der Waals surface area contributed by atoms with E-state index < -0.39 is 5.97 Å². The van der Waals surface area contributed by atoms with Crippen LogP contribution in [0.15, 0.2) is 36.4 Å². The van der Waals surface area contributed by atoms with E-state index in [9.17, 15) is 4.79 Å². The molecular weight excluding hydrogens is 387 g/mol. The lowest BCUT2D eigenvalue weighted by atomic mass is 10.2. The number of esters is 1. The van der Waals surface area contributed by atoms with E-state index in [1.54, 1.807) is 31.4 Å². The summed E-state index contributed by atoms with van der Waals surface area (Å²) in [5.74, 6) is 2.59. The highest BCUT2D eigenvalue weighted by Gasteiger charge is 2.21. The van der Waals surface area contributed by atoms with Crippen LogP contribution in [0, 0.1) is 0 Å². The smallest absolute Gasteiger partial charge is 0.345 e. The molecule has 126 valence electrons. The Morgan fingerprint density at radius 2 is 1.88 bits per heavy atom. The zero-order valence-corrected chi connectivity index (χ0v) is 15.9. The molecule has 1 saturated heterocycles. The van der Waals surface area contributed by atoms with Crippen molar-refractivity contribution in [3.05, 3.63) is 57.6 Å². The quantitative estimate of drug-likeness (QED) is 0.485. The second kappa shape index (κ2) is 7.91. The first-order chi connectivity index (χ1) is 11.6. The summed E-state index contributed by atoms with van der Waals surface area (Å²) in [6.45, 7) is 0. The highest BCUT2D eigenvalue weighted by atomic mass is 35.5. The minimum atomic E-state index is -0.571. The number of hydrogen-bond acceptors (Lipinski definition) is 5. The number of hydrogen-bond donors (Lipinski definition) is 0. The van der Waals surface area contributed by atoms with Gasteiger partial charge in [-0.3, -0.25) is 0 Å². The van der Waals surface area contributed by atoms with Crippen LogP contribution in [0.1, 0.15) is 20.5 Å². The van der Waals surface area contributed by atoms with Gasteiger partial charge in [0.2, 0.25) is 0 Å². The Hall–Kier alpha value is -1.01. The van der Waals surface area contributed by atoms with Crippen LogP contribution in [0.4, 0.5) is 0 Å². The van der Waals surface area contributed by atoms with E-state index in [0.717, 1.165) is 17.1 Å². The molecule has 1 fully saturated rings. The molecule has 1 heterocycles. The molecule has 2 aromatic rings. The number of methoxy groups -OCH3 is 1. The molecule has 1 aliphatic heterocycles. The van der Waals surface area contributed by atoms with Crippen LogP contribution in [-0.2, 0) is 0 Å². The Bertz CT molecular complexity index is 761. The Kier molecular flexibility index (Phi) is 5.87. The van der Waals surface area contributed by atoms with E-state index in [4.69, 9.17) is 32.7 Å². The van der Waals surface area contributed by atoms with Crippen molar-refractivity contribution in [2.75, 3.05) is 18.6 Å². The van der Waals surface area contributed by atoms with Crippen molar-refractivity contribution in [3.63, 3.8) is 0 Å². The summed E-state index contributed by atoms with van der Waals surface area (Å²) < 4.78 is 11.2. The largest absolute Gasteiger partial charge is 0.493 e. The lowest BCUT2D eigenvalue weighted by Crippen LogP contribution is -2.10. The summed E-state index contributed by atoms with van der Waals surface area (Å²) in [5.41, 5.74) is 1.37. The van der Waals surface area contributed by atoms with E-state index in [1.807, 2.05) is 35.7 Å². The van der Waals surface area contributed by atoms with Crippen LogP contribution in [-0.4, -0.2) is 24.6 Å². The van der Waals surface area contributed by atoms with E-state index in [0.29, 0.717) is 21.1 Å². The minimum absolute atomic E-state index is 0.179. The SMILES string of the molecule is COc1cc(C2SCCS2)ccc1OC(=O)c1cccc(Cl)c1Cl. The molecular formula is C17H14Cl2O3S2. The molecule has 0 radical (unpaired) electrons. The van der Waals surface area contributed by atoms with Gasteiger partial charge in [-0.25, -0.2) is 4.79 Å². The Balaban J connectivity index is 1.83. The van der Waals surface area contributed by atoms with Crippen molar-refractivity contribution < 1.29 is 14.3 Å². The number of rotatable bonds is 4. The maximum atomic E-state index is 12.4. The predicted molar refractivity (Wildman–Crippen MR) is 102 cm³/mol. The van der Waals surface area contributed by atoms with Crippen LogP contribution in [0.25, 0.3) is 0 Å². The second-order valence-corrected chi connectivity index (χ2v) is 8.48. The molecule has 1 aliphatic rings. The molecule has 3 nitrogen and oxygen atoms in total. The summed E-state index contributed by atoms with van der Waals surface area (Å²) >= 11 is 15.8. The number of thioether (sulfide) groups is 2. The first-order valence-electron chi connectivity index (χ1n) is 7.17. The summed E-state index contributed by atoms with van der Waals surface area (Å²) in [6, 6.07) is 10.5. The Labute approximate surface area is 159 Å². The molecule has 0 aliphatic carbocycles. The first-order valence-corrected chi connectivity index (χ1v) is 10.0. The van der Waals surface area contributed by atoms with Gasteiger partial charge in [0.1, 0.15) is 0 Å². The van der Waals surface area contributed by atoms with Gasteiger partial charge in [0, 0.05) is 11.5 Å². The van der Waals surface area contributed by atoms with Gasteiger partial charge in [0.05, 0.1) is 27.3 Å². The van der Waals surface area contributed by atoms with E-state index >= 15 is 0 Å². The van der Waals surface area contributed by atoms with Crippen molar-refractivity contribution in [1.29, 1.82) is 0 Å². The molecule has 0 bridgehead atoms. The van der Waals surface area contributed by atoms with E-state index in [1.165, 1.54) is 0 Å². The molecule has 7 heteroatoms. The first kappa shape index (κ1) is 17.8. The molecule has 0 aromatic heterocycles. The van der Waals surface area contributed by atoms with Crippen molar-refractivity contribution >= 4 is 52.7 Å². The van der Waals surface area contributed by atoms with Crippen LogP contribution >= 0.6 is 46.7 Å². The summed E-state index contributed by atoms with van der Waals surface area (Å²) in [6.07, 6.45) is 0. The van der Waals surface area contributed by atoms with Crippen LogP contribution < -0.4 is 9.47 Å². The van der Waals surface area contributed by atoms with Gasteiger partial charge in [-0.05, 0) is 29.8 Å². The molecule has 0 saturated carbocycles. The lowest BCUT2D eigenvalue weighted by Gasteiger charge is -2.14. The van der Waals surface area contributed by atoms with Gasteiger partial charge in [-0.15, -0.1) is 23.5 Å². The van der Waals surface area contributed by atoms with Crippen molar-refractivity contribution in [2.24, 2.45) is 0 Å². The Morgan fingerprint density at radius 1 is 1.12 bits per heavy atom. The van der Waals surface area contributed by atoms with E-state index in [-0.39, 0.29) is 10.6 Å². The molecule has 0 N–H and O–H groups in total. The fourth-order valence-corrected chi connectivity index (χ4v) is 5.50. The standard InChI is InChI=1S/C17H14Cl2O3S2/c1-21-14-9-10(17-23-7-8-24-17)5-6-13(14)22-16(20)11-3-2-4-12(18)15(11)19/h2-6,9,17H,7-8H2,1H3. The molecule has 24 heavy (non-hydrogen) atoms. The highest BCUT2D eigenvalue weighted by molar-refractivity contribution is 8.19. The molecule has 0 atom stereocenters. The number of ether oxygens (including phenoxy) is 2. The third kappa shape index (κ3) is 3.80. The summed E-state index contributed by atoms with van der Waals surface area (Å²) in [7, 11) is 1.55. The number of halogens is 2. The molecule has 0 unspecified atom stereocenters. The zero-order chi connectivity index (χ0) is 17.1. The monoisotopic (exact) mass is 400 g/mol. The maximum Gasteiger partial charge on any atom is 0.345 e. The number of benzene rings is 2. The zero-order valence-electron chi connectivity index (χ0n) is 12.8. The third-order valence-corrected chi connectivity index (χ3v) is 7.38. The third-order valence-electron chi connectivity index (χ3n) is 3.46. The van der Waals surface area contributed by atoms with Crippen molar-refractivity contribution in [3.8, 4) is 11.5 Å². The summed E-state index contributed by atoms with van der Waals surface area (Å²) in [4.78, 5) is 12.4. The van der Waals surface area contributed by atoms with Gasteiger partial charge in [0.25, 0.3) is 0 Å². The van der Waals surface area contributed by atoms with Crippen LogP contribution in [0.5, 0.6) is 11.5 Å². The van der Waals surface area contributed by atoms with Gasteiger partial charge in [-0.2, -0.15) is 0 Å². The van der Waals surface area contributed by atoms with Gasteiger partial charge < -0.3 is 9.47 Å². The Morgan fingerprint density at radius 3 is 2.58 bits per heavy atom. The molecule has 0 amide bonds. The molecule has 0 spiro atoms. The van der Waals surface area contributed by atoms with Gasteiger partial charge in [0.15, 0.2) is 11.5 Å². The molecule has 3 rings (SSSR count). The number of carbonyl (C=O) groups is 1. The van der Waals surface area contributed by atoms with Crippen molar-refractivity contribution in [2.45, 2.75) is 4.58 Å². The van der Waals surface area contributed by atoms with Gasteiger partial charge >= 0.3 is 5.97 Å². The number of carbonyl (C=O) groups excluding carboxylic acids is 1. The topological polar surface area (TPSA) is 35.5 Å². The maximum absolute atomic E-state index is 12.4. The second-order valence-electron chi connectivity index (χ2n) is 4.97.